The second kappa shape index (κ2) is 5.47. The van der Waals surface area contributed by atoms with Gasteiger partial charge in [-0.2, -0.15) is 0 Å². The molecule has 0 aliphatic heterocycles. The highest BCUT2D eigenvalue weighted by Gasteiger charge is 2.15. The lowest BCUT2D eigenvalue weighted by Gasteiger charge is -2.07. The molecule has 0 amide bonds. The van der Waals surface area contributed by atoms with Gasteiger partial charge >= 0.3 is 0 Å². The largest absolute Gasteiger partial charge is 0.294 e. The number of benzene rings is 1. The van der Waals surface area contributed by atoms with Crippen molar-refractivity contribution in [1.29, 1.82) is 0 Å². The fraction of sp³-hybridized carbons (Fsp3) is 0.133. The van der Waals surface area contributed by atoms with Crippen LogP contribution in [0.15, 0.2) is 47.8 Å². The predicted octanol–water partition coefficient (Wildman–Crippen LogP) is 3.74. The topological polar surface area (TPSA) is 17.1 Å². The third-order valence-electron chi connectivity index (χ3n) is 2.57. The van der Waals surface area contributed by atoms with Gasteiger partial charge in [0.25, 0.3) is 0 Å². The van der Waals surface area contributed by atoms with Crippen LogP contribution in [0.3, 0.4) is 0 Å². The van der Waals surface area contributed by atoms with Gasteiger partial charge in [-0.3, -0.25) is 4.79 Å². The fourth-order valence-electron chi connectivity index (χ4n) is 1.66. The van der Waals surface area contributed by atoms with Crippen LogP contribution in [0.1, 0.15) is 27.6 Å². The molecule has 0 bridgehead atoms. The van der Waals surface area contributed by atoms with Gasteiger partial charge in [-0.05, 0) is 11.4 Å². The average molecular weight is 240 g/mol. The first kappa shape index (κ1) is 11.6. The van der Waals surface area contributed by atoms with E-state index in [4.69, 9.17) is 6.42 Å². The summed E-state index contributed by atoms with van der Waals surface area (Å²) in [6.45, 7) is 0. The lowest BCUT2D eigenvalue weighted by molar-refractivity contribution is 0.0979. The lowest BCUT2D eigenvalue weighted by atomic mass is 9.97. The summed E-state index contributed by atoms with van der Waals surface area (Å²) in [5.74, 6) is 2.69. The van der Waals surface area contributed by atoms with Crippen LogP contribution in [0.4, 0.5) is 0 Å². The molecule has 2 rings (SSSR count). The maximum absolute atomic E-state index is 12.0. The van der Waals surface area contributed by atoms with E-state index in [-0.39, 0.29) is 11.7 Å². The van der Waals surface area contributed by atoms with Gasteiger partial charge in [-0.15, -0.1) is 17.8 Å². The molecule has 2 aromatic rings. The SMILES string of the molecule is C#C[C@@H](CC(=O)c1ccccc1)c1cccs1. The zero-order valence-electron chi connectivity index (χ0n) is 9.30. The van der Waals surface area contributed by atoms with Gasteiger partial charge in [0.2, 0.25) is 0 Å². The molecule has 2 heteroatoms. The van der Waals surface area contributed by atoms with E-state index >= 15 is 0 Å². The molecular weight excluding hydrogens is 228 g/mol. The van der Waals surface area contributed by atoms with Crippen molar-refractivity contribution in [2.45, 2.75) is 12.3 Å². The maximum Gasteiger partial charge on any atom is 0.164 e. The third kappa shape index (κ3) is 2.83. The molecule has 0 radical (unpaired) electrons. The molecule has 1 heterocycles. The lowest BCUT2D eigenvalue weighted by Crippen LogP contribution is -2.05. The van der Waals surface area contributed by atoms with Crippen LogP contribution in [0.25, 0.3) is 0 Å². The molecule has 0 saturated carbocycles. The summed E-state index contributed by atoms with van der Waals surface area (Å²) in [6.07, 6.45) is 5.87. The van der Waals surface area contributed by atoms with Gasteiger partial charge < -0.3 is 0 Å². The van der Waals surface area contributed by atoms with E-state index in [1.54, 1.807) is 11.3 Å². The van der Waals surface area contributed by atoms with Crippen LogP contribution in [0.5, 0.6) is 0 Å². The van der Waals surface area contributed by atoms with Crippen molar-refractivity contribution in [3.63, 3.8) is 0 Å². The van der Waals surface area contributed by atoms with E-state index in [2.05, 4.69) is 5.92 Å². The van der Waals surface area contributed by atoms with Gasteiger partial charge in [0, 0.05) is 16.9 Å². The number of hydrogen-bond donors (Lipinski definition) is 0. The highest BCUT2D eigenvalue weighted by atomic mass is 32.1. The molecular formula is C15H12OS. The highest BCUT2D eigenvalue weighted by molar-refractivity contribution is 7.10. The number of rotatable bonds is 4. The van der Waals surface area contributed by atoms with Crippen molar-refractivity contribution >= 4 is 17.1 Å². The van der Waals surface area contributed by atoms with E-state index in [9.17, 15) is 4.79 Å². The number of carbonyl (C=O) groups excluding carboxylic acids is 1. The summed E-state index contributed by atoms with van der Waals surface area (Å²) in [4.78, 5) is 13.1. The van der Waals surface area contributed by atoms with Crippen LogP contribution in [0.2, 0.25) is 0 Å². The number of thiophene rings is 1. The summed E-state index contributed by atoms with van der Waals surface area (Å²) in [7, 11) is 0. The summed E-state index contributed by atoms with van der Waals surface area (Å²) < 4.78 is 0. The first-order valence-corrected chi connectivity index (χ1v) is 6.27. The van der Waals surface area contributed by atoms with E-state index in [1.165, 1.54) is 0 Å². The molecule has 17 heavy (non-hydrogen) atoms. The molecule has 1 aromatic carbocycles. The summed E-state index contributed by atoms with van der Waals surface area (Å²) >= 11 is 1.60. The van der Waals surface area contributed by atoms with Crippen molar-refractivity contribution in [2.24, 2.45) is 0 Å². The van der Waals surface area contributed by atoms with Gasteiger partial charge in [0.05, 0.1) is 5.92 Å². The second-order valence-corrected chi connectivity index (χ2v) is 4.71. The van der Waals surface area contributed by atoms with Gasteiger partial charge in [0.15, 0.2) is 5.78 Å². The highest BCUT2D eigenvalue weighted by Crippen LogP contribution is 2.25. The zero-order valence-corrected chi connectivity index (χ0v) is 10.1. The minimum Gasteiger partial charge on any atom is -0.294 e. The second-order valence-electron chi connectivity index (χ2n) is 3.73. The Balaban J connectivity index is 2.11. The summed E-state index contributed by atoms with van der Waals surface area (Å²) in [5, 5.41) is 1.98. The monoisotopic (exact) mass is 240 g/mol. The van der Waals surface area contributed by atoms with Crippen LogP contribution in [0, 0.1) is 12.3 Å². The van der Waals surface area contributed by atoms with Gasteiger partial charge in [0.1, 0.15) is 0 Å². The number of Topliss-reactive ketones (excluding diaryl/α,β-unsaturated/α-hetero) is 1. The van der Waals surface area contributed by atoms with E-state index in [0.29, 0.717) is 6.42 Å². The molecule has 84 valence electrons. The Morgan fingerprint density at radius 3 is 2.59 bits per heavy atom. The first-order valence-electron chi connectivity index (χ1n) is 5.39. The summed E-state index contributed by atoms with van der Waals surface area (Å²) in [5.41, 5.74) is 0.726. The molecule has 0 N–H and O–H groups in total. The Bertz CT molecular complexity index is 520. The van der Waals surface area contributed by atoms with E-state index in [1.807, 2.05) is 47.8 Å². The van der Waals surface area contributed by atoms with Gasteiger partial charge in [-0.1, -0.05) is 42.3 Å². The van der Waals surface area contributed by atoms with Crippen LogP contribution in [-0.2, 0) is 0 Å². The fourth-order valence-corrected chi connectivity index (χ4v) is 2.45. The van der Waals surface area contributed by atoms with Crippen molar-refractivity contribution in [1.82, 2.24) is 0 Å². The van der Waals surface area contributed by atoms with Crippen molar-refractivity contribution < 1.29 is 4.79 Å². The van der Waals surface area contributed by atoms with Crippen molar-refractivity contribution in [2.75, 3.05) is 0 Å². The Morgan fingerprint density at radius 1 is 1.24 bits per heavy atom. The van der Waals surface area contributed by atoms with Crippen molar-refractivity contribution in [3.05, 3.63) is 58.3 Å². The number of ketones is 1. The molecule has 0 spiro atoms. The number of terminal acetylenes is 1. The average Bonchev–Trinajstić information content (AvgIpc) is 2.90. The summed E-state index contributed by atoms with van der Waals surface area (Å²) in [6, 6.07) is 13.2. The quantitative estimate of drug-likeness (QED) is 0.587. The Labute approximate surface area is 105 Å². The smallest absolute Gasteiger partial charge is 0.164 e. The molecule has 1 atom stereocenters. The van der Waals surface area contributed by atoms with Crippen LogP contribution in [-0.4, -0.2) is 5.78 Å². The predicted molar refractivity (Wildman–Crippen MR) is 71.3 cm³/mol. The van der Waals surface area contributed by atoms with E-state index in [0.717, 1.165) is 10.4 Å². The molecule has 0 aliphatic carbocycles. The maximum atomic E-state index is 12.0. The molecule has 0 fully saturated rings. The standard InChI is InChI=1S/C15H12OS/c1-2-12(15-9-6-10-17-15)11-14(16)13-7-4-3-5-8-13/h1,3-10,12H,11H2/t12-/m0/s1. The third-order valence-corrected chi connectivity index (χ3v) is 3.56. The molecule has 0 unspecified atom stereocenters. The molecule has 0 saturated heterocycles. The minimum atomic E-state index is -0.109. The minimum absolute atomic E-state index is 0.0990. The normalized spacial score (nSPS) is 11.7. The zero-order chi connectivity index (χ0) is 12.1. The van der Waals surface area contributed by atoms with E-state index < -0.39 is 0 Å². The Hall–Kier alpha value is -1.85. The van der Waals surface area contributed by atoms with Crippen molar-refractivity contribution in [3.8, 4) is 12.3 Å². The molecule has 1 aromatic heterocycles. The van der Waals surface area contributed by atoms with Gasteiger partial charge in [-0.25, -0.2) is 0 Å². The molecule has 0 aliphatic rings. The van der Waals surface area contributed by atoms with Crippen LogP contribution < -0.4 is 0 Å². The molecule has 1 nitrogen and oxygen atoms in total. The Kier molecular flexibility index (Phi) is 3.74. The number of carbonyl (C=O) groups is 1. The van der Waals surface area contributed by atoms with Crippen LogP contribution >= 0.6 is 11.3 Å². The number of hydrogen-bond acceptors (Lipinski definition) is 2. The first-order chi connectivity index (χ1) is 8.31. The Morgan fingerprint density at radius 2 is 2.00 bits per heavy atom.